The van der Waals surface area contributed by atoms with Gasteiger partial charge in [0, 0.05) is 12.8 Å². The Kier molecular flexibility index (Phi) is 46.2. The summed E-state index contributed by atoms with van der Waals surface area (Å²) < 4.78 is 28.3. The smallest absolute Gasteiger partial charge is 0.335 e. The minimum Gasteiger partial charge on any atom is -0.479 e. The molecule has 1 aliphatic heterocycles. The van der Waals surface area contributed by atoms with Gasteiger partial charge in [0.1, 0.15) is 18.8 Å². The molecule has 3 N–H and O–H groups in total. The Morgan fingerprint density at radius 3 is 1.39 bits per heavy atom. The van der Waals surface area contributed by atoms with Crippen LogP contribution in [0.15, 0.2) is 97.2 Å². The van der Waals surface area contributed by atoms with Crippen molar-refractivity contribution in [3.63, 3.8) is 0 Å². The lowest BCUT2D eigenvalue weighted by atomic mass is 9.98. The summed E-state index contributed by atoms with van der Waals surface area (Å²) in [6.07, 6.45) is 54.0. The number of carbonyl (C=O) groups is 4. The Balaban J connectivity index is 2.75. The fourth-order valence-corrected chi connectivity index (χ4v) is 8.17. The summed E-state index contributed by atoms with van der Waals surface area (Å²) in [6, 6.07) is 0. The number of unbranched alkanes of at least 4 members (excludes halogenated alkanes) is 19. The van der Waals surface area contributed by atoms with Crippen molar-refractivity contribution in [1.29, 1.82) is 0 Å². The summed E-state index contributed by atoms with van der Waals surface area (Å²) in [7, 11) is 0. The molecule has 1 aliphatic rings. The lowest BCUT2D eigenvalue weighted by Gasteiger charge is -2.40. The molecule has 12 nitrogen and oxygen atoms in total. The molecule has 0 aliphatic carbocycles. The van der Waals surface area contributed by atoms with Crippen LogP contribution < -0.4 is 0 Å². The van der Waals surface area contributed by atoms with Crippen LogP contribution in [0, 0.1) is 0 Å². The van der Waals surface area contributed by atoms with Gasteiger partial charge in [-0.3, -0.25) is 14.4 Å². The number of carbonyl (C=O) groups excluding carboxylic acids is 3. The van der Waals surface area contributed by atoms with Crippen molar-refractivity contribution in [3.05, 3.63) is 97.2 Å². The zero-order chi connectivity index (χ0) is 54.7. The molecule has 0 amide bonds. The molecule has 0 saturated carbocycles. The van der Waals surface area contributed by atoms with E-state index in [1.165, 1.54) is 44.9 Å². The molecular weight excluding hydrogens is 949 g/mol. The Morgan fingerprint density at radius 1 is 0.467 bits per heavy atom. The van der Waals surface area contributed by atoms with Crippen molar-refractivity contribution in [2.45, 2.75) is 263 Å². The van der Waals surface area contributed by atoms with Crippen LogP contribution in [-0.2, 0) is 42.9 Å². The van der Waals surface area contributed by atoms with Gasteiger partial charge in [-0.2, -0.15) is 0 Å². The number of carboxylic acid groups (broad SMARTS) is 1. The van der Waals surface area contributed by atoms with E-state index in [9.17, 15) is 34.5 Å². The maximum absolute atomic E-state index is 13.1. The Morgan fingerprint density at radius 2 is 0.880 bits per heavy atom. The Bertz CT molecular complexity index is 1670. The van der Waals surface area contributed by atoms with Gasteiger partial charge in [-0.1, -0.05) is 201 Å². The molecule has 1 rings (SSSR count). The van der Waals surface area contributed by atoms with Crippen LogP contribution in [0.1, 0.15) is 226 Å². The highest BCUT2D eigenvalue weighted by Crippen LogP contribution is 2.26. The van der Waals surface area contributed by atoms with Crippen molar-refractivity contribution < 1.29 is 58.2 Å². The molecule has 6 atom stereocenters. The van der Waals surface area contributed by atoms with Crippen LogP contribution >= 0.6 is 0 Å². The fourth-order valence-electron chi connectivity index (χ4n) is 8.17. The second kappa shape index (κ2) is 50.5. The molecule has 1 saturated heterocycles. The summed E-state index contributed by atoms with van der Waals surface area (Å²) in [5.74, 6) is -3.31. The predicted molar refractivity (Wildman–Crippen MR) is 303 cm³/mol. The predicted octanol–water partition coefficient (Wildman–Crippen LogP) is 14.9. The van der Waals surface area contributed by atoms with Crippen LogP contribution in [0.3, 0.4) is 0 Å². The quantitative estimate of drug-likeness (QED) is 0.0228. The van der Waals surface area contributed by atoms with Crippen molar-refractivity contribution in [2.24, 2.45) is 0 Å². The maximum atomic E-state index is 13.1. The van der Waals surface area contributed by atoms with Gasteiger partial charge in [-0.15, -0.1) is 0 Å². The van der Waals surface area contributed by atoms with E-state index in [1.807, 2.05) is 12.2 Å². The Hall–Kier alpha value is -4.36. The van der Waals surface area contributed by atoms with Gasteiger partial charge < -0.3 is 39.0 Å². The number of ether oxygens (including phenoxy) is 5. The lowest BCUT2D eigenvalue weighted by molar-refractivity contribution is -0.301. The number of allylic oxidation sites excluding steroid dienone is 15. The molecule has 12 heteroatoms. The van der Waals surface area contributed by atoms with Crippen LogP contribution in [0.2, 0.25) is 0 Å². The molecule has 0 bridgehead atoms. The van der Waals surface area contributed by atoms with E-state index in [1.54, 1.807) is 6.08 Å². The van der Waals surface area contributed by atoms with Crippen molar-refractivity contribution in [1.82, 2.24) is 0 Å². The first-order valence-electron chi connectivity index (χ1n) is 29.2. The molecule has 1 heterocycles. The summed E-state index contributed by atoms with van der Waals surface area (Å²) in [5, 5.41) is 31.5. The van der Waals surface area contributed by atoms with E-state index in [0.29, 0.717) is 19.3 Å². The molecule has 426 valence electrons. The highest BCUT2D eigenvalue weighted by Gasteiger charge is 2.50. The van der Waals surface area contributed by atoms with Gasteiger partial charge in [-0.05, 0) is 103 Å². The second-order valence-electron chi connectivity index (χ2n) is 19.6. The highest BCUT2D eigenvalue weighted by atomic mass is 16.7. The minimum absolute atomic E-state index is 0.0203. The van der Waals surface area contributed by atoms with Crippen molar-refractivity contribution in [3.8, 4) is 0 Å². The number of hydrogen-bond acceptors (Lipinski definition) is 11. The summed E-state index contributed by atoms with van der Waals surface area (Å²) in [6.45, 7) is 5.73. The van der Waals surface area contributed by atoms with Gasteiger partial charge in [0.05, 0.1) is 13.0 Å². The standard InChI is InChI=1S/C63H102O12/c1-4-7-10-13-16-19-22-25-27-28-30-33-36-39-42-45-48-51-57(66)74-61-59(68)58(67)60(62(69)70)75-63(61)72-53-54(73-56(65)50-47-44-41-38-35-31-24-21-18-15-12-9-6-3)52-71-55(64)49-46-43-40-37-34-32-29-26-23-20-17-14-11-8-5-2/h8,11,16-17,19-21,24-27,29,34,37,43,46,54,58-61,63,67-68H,4-7,9-10,12-15,18,22-23,28,30-33,35-36,38-42,44-45,47-53H2,1-3H3,(H,69,70)/b11-8-,19-16-,20-17-,24-21-,27-25-,29-26-,37-34-,46-43-. The van der Waals surface area contributed by atoms with E-state index in [4.69, 9.17) is 23.7 Å². The fraction of sp³-hybridized carbons (Fsp3) is 0.683. The molecule has 0 radical (unpaired) electrons. The third-order valence-corrected chi connectivity index (χ3v) is 12.6. The second-order valence-corrected chi connectivity index (χ2v) is 19.6. The summed E-state index contributed by atoms with van der Waals surface area (Å²) in [5.41, 5.74) is 0. The van der Waals surface area contributed by atoms with E-state index < -0.39 is 67.3 Å². The largest absolute Gasteiger partial charge is 0.479 e. The zero-order valence-electron chi connectivity index (χ0n) is 46.8. The molecule has 0 aromatic carbocycles. The first-order valence-corrected chi connectivity index (χ1v) is 29.2. The van der Waals surface area contributed by atoms with Crippen LogP contribution in [0.5, 0.6) is 0 Å². The zero-order valence-corrected chi connectivity index (χ0v) is 46.8. The van der Waals surface area contributed by atoms with Crippen molar-refractivity contribution >= 4 is 23.9 Å². The number of carboxylic acids is 1. The number of hydrogen-bond donors (Lipinski definition) is 3. The van der Waals surface area contributed by atoms with Gasteiger partial charge >= 0.3 is 23.9 Å². The highest BCUT2D eigenvalue weighted by molar-refractivity contribution is 5.74. The van der Waals surface area contributed by atoms with E-state index in [0.717, 1.165) is 122 Å². The molecule has 6 unspecified atom stereocenters. The number of esters is 3. The monoisotopic (exact) mass is 1050 g/mol. The molecule has 75 heavy (non-hydrogen) atoms. The third-order valence-electron chi connectivity index (χ3n) is 12.6. The molecule has 0 spiro atoms. The van der Waals surface area contributed by atoms with Crippen LogP contribution in [-0.4, -0.2) is 89.2 Å². The van der Waals surface area contributed by atoms with E-state index in [2.05, 4.69) is 99.8 Å². The van der Waals surface area contributed by atoms with Crippen LogP contribution in [0.25, 0.3) is 0 Å². The topological polar surface area (TPSA) is 175 Å². The number of rotatable bonds is 48. The van der Waals surface area contributed by atoms with E-state index in [-0.39, 0.29) is 25.9 Å². The number of aliphatic hydroxyl groups is 2. The van der Waals surface area contributed by atoms with Gasteiger partial charge in [0.15, 0.2) is 24.6 Å². The van der Waals surface area contributed by atoms with Crippen molar-refractivity contribution in [2.75, 3.05) is 13.2 Å². The van der Waals surface area contributed by atoms with Crippen LogP contribution in [0.4, 0.5) is 0 Å². The molecular formula is C63H102O12. The molecule has 1 fully saturated rings. The minimum atomic E-state index is -1.92. The first kappa shape index (κ1) is 68.7. The Labute approximate surface area is 453 Å². The lowest BCUT2D eigenvalue weighted by Crippen LogP contribution is -2.61. The average molecular weight is 1050 g/mol. The molecule has 0 aromatic heterocycles. The van der Waals surface area contributed by atoms with Gasteiger partial charge in [0.2, 0.25) is 0 Å². The maximum Gasteiger partial charge on any atom is 0.335 e. The van der Waals surface area contributed by atoms with E-state index >= 15 is 0 Å². The van der Waals surface area contributed by atoms with Gasteiger partial charge in [-0.25, -0.2) is 4.79 Å². The average Bonchev–Trinajstić information content (AvgIpc) is 3.39. The first-order chi connectivity index (χ1) is 36.6. The summed E-state index contributed by atoms with van der Waals surface area (Å²) in [4.78, 5) is 51.0. The SMILES string of the molecule is CC/C=C\C/C=C\C/C=C\C/C=C\C/C=C\CC(=O)OCC(COC1OC(C(=O)O)C(O)C(O)C1OC(=O)CCCCCCCCC/C=C\C/C=C\CCCCC)OC(=O)CCCCCCC/C=C\CCCCCC. The summed E-state index contributed by atoms with van der Waals surface area (Å²) >= 11 is 0. The third kappa shape index (κ3) is 40.6. The van der Waals surface area contributed by atoms with Gasteiger partial charge in [0.25, 0.3) is 0 Å². The normalized spacial score (nSPS) is 18.9. The molecule has 0 aromatic rings. The number of aliphatic hydroxyl groups excluding tert-OH is 2. The number of aliphatic carboxylic acids is 1.